The molecule has 100 valence electrons. The normalized spacial score (nSPS) is 12.1. The maximum atomic E-state index is 13.3. The molecule has 0 aliphatic heterocycles. The molecular formula is C12H17ClFN3O. The maximum absolute atomic E-state index is 13.3. The second-order valence-electron chi connectivity index (χ2n) is 3.96. The van der Waals surface area contributed by atoms with Gasteiger partial charge in [0.05, 0.1) is 5.02 Å². The van der Waals surface area contributed by atoms with E-state index in [1.807, 2.05) is 6.92 Å². The molecule has 0 unspecified atom stereocenters. The Morgan fingerprint density at radius 2 is 2.28 bits per heavy atom. The predicted octanol–water partition coefficient (Wildman–Crippen LogP) is 2.44. The minimum atomic E-state index is -0.415. The SMILES string of the molecule is CCN(CC/C(N)=N/O)Cc1ccc(Cl)c(F)c1. The van der Waals surface area contributed by atoms with Crippen molar-refractivity contribution in [3.8, 4) is 0 Å². The van der Waals surface area contributed by atoms with E-state index in [-0.39, 0.29) is 10.9 Å². The third kappa shape index (κ3) is 4.50. The van der Waals surface area contributed by atoms with Crippen LogP contribution in [0.3, 0.4) is 0 Å². The maximum Gasteiger partial charge on any atom is 0.142 e. The van der Waals surface area contributed by atoms with Crippen molar-refractivity contribution in [1.82, 2.24) is 4.90 Å². The van der Waals surface area contributed by atoms with Crippen molar-refractivity contribution in [3.63, 3.8) is 0 Å². The smallest absolute Gasteiger partial charge is 0.142 e. The summed E-state index contributed by atoms with van der Waals surface area (Å²) in [6.45, 7) is 4.04. The minimum Gasteiger partial charge on any atom is -0.409 e. The average Bonchev–Trinajstić information content (AvgIpc) is 2.38. The van der Waals surface area contributed by atoms with Crippen LogP contribution in [0.25, 0.3) is 0 Å². The van der Waals surface area contributed by atoms with Crippen LogP contribution in [0.2, 0.25) is 5.02 Å². The van der Waals surface area contributed by atoms with E-state index < -0.39 is 5.82 Å². The highest BCUT2D eigenvalue weighted by molar-refractivity contribution is 6.30. The molecule has 6 heteroatoms. The van der Waals surface area contributed by atoms with Gasteiger partial charge in [-0.25, -0.2) is 4.39 Å². The molecule has 0 bridgehead atoms. The van der Waals surface area contributed by atoms with Crippen LogP contribution in [0.5, 0.6) is 0 Å². The molecule has 1 aromatic carbocycles. The third-order valence-corrected chi connectivity index (χ3v) is 2.96. The van der Waals surface area contributed by atoms with Crippen molar-refractivity contribution in [2.24, 2.45) is 10.9 Å². The molecule has 0 spiro atoms. The number of rotatable bonds is 6. The number of hydrogen-bond donors (Lipinski definition) is 2. The van der Waals surface area contributed by atoms with Crippen LogP contribution in [0.1, 0.15) is 18.9 Å². The molecule has 0 aliphatic rings. The van der Waals surface area contributed by atoms with Crippen LogP contribution in [-0.2, 0) is 6.54 Å². The van der Waals surface area contributed by atoms with Gasteiger partial charge in [0.2, 0.25) is 0 Å². The average molecular weight is 274 g/mol. The summed E-state index contributed by atoms with van der Waals surface area (Å²) >= 11 is 5.62. The second-order valence-corrected chi connectivity index (χ2v) is 4.37. The Balaban J connectivity index is 2.59. The van der Waals surface area contributed by atoms with Crippen LogP contribution in [0.4, 0.5) is 4.39 Å². The van der Waals surface area contributed by atoms with Gasteiger partial charge in [-0.15, -0.1) is 0 Å². The van der Waals surface area contributed by atoms with Crippen molar-refractivity contribution in [2.45, 2.75) is 19.9 Å². The first-order valence-corrected chi connectivity index (χ1v) is 6.07. The van der Waals surface area contributed by atoms with Crippen LogP contribution in [-0.4, -0.2) is 29.0 Å². The molecule has 0 radical (unpaired) electrons. The Bertz CT molecular complexity index is 426. The van der Waals surface area contributed by atoms with Gasteiger partial charge < -0.3 is 10.9 Å². The fraction of sp³-hybridized carbons (Fsp3) is 0.417. The van der Waals surface area contributed by atoms with E-state index >= 15 is 0 Å². The monoisotopic (exact) mass is 273 g/mol. The molecule has 0 atom stereocenters. The quantitative estimate of drug-likeness (QED) is 0.362. The van der Waals surface area contributed by atoms with Gasteiger partial charge >= 0.3 is 0 Å². The van der Waals surface area contributed by atoms with Gasteiger partial charge in [0.25, 0.3) is 0 Å². The first-order chi connectivity index (χ1) is 8.56. The van der Waals surface area contributed by atoms with E-state index in [4.69, 9.17) is 22.5 Å². The molecule has 1 aromatic rings. The third-order valence-electron chi connectivity index (χ3n) is 2.65. The fourth-order valence-corrected chi connectivity index (χ4v) is 1.69. The second kappa shape index (κ2) is 7.18. The summed E-state index contributed by atoms with van der Waals surface area (Å²) < 4.78 is 13.3. The topological polar surface area (TPSA) is 61.8 Å². The molecule has 1 rings (SSSR count). The summed E-state index contributed by atoms with van der Waals surface area (Å²) in [5.74, 6) is -0.225. The van der Waals surface area contributed by atoms with Gasteiger partial charge in [-0.3, -0.25) is 4.90 Å². The van der Waals surface area contributed by atoms with Gasteiger partial charge in [-0.2, -0.15) is 0 Å². The van der Waals surface area contributed by atoms with E-state index in [1.54, 1.807) is 12.1 Å². The Labute approximate surface area is 111 Å². The van der Waals surface area contributed by atoms with Crippen LogP contribution < -0.4 is 5.73 Å². The largest absolute Gasteiger partial charge is 0.409 e. The Morgan fingerprint density at radius 3 is 2.83 bits per heavy atom. The molecule has 0 aliphatic carbocycles. The molecule has 18 heavy (non-hydrogen) atoms. The molecule has 0 fully saturated rings. The molecule has 0 amide bonds. The lowest BCUT2D eigenvalue weighted by Gasteiger charge is -2.20. The van der Waals surface area contributed by atoms with Crippen molar-refractivity contribution >= 4 is 17.4 Å². The van der Waals surface area contributed by atoms with E-state index in [2.05, 4.69) is 10.1 Å². The molecule has 4 nitrogen and oxygen atoms in total. The molecule has 0 saturated heterocycles. The predicted molar refractivity (Wildman–Crippen MR) is 70.4 cm³/mol. The summed E-state index contributed by atoms with van der Waals surface area (Å²) in [5, 5.41) is 11.5. The van der Waals surface area contributed by atoms with Crippen LogP contribution >= 0.6 is 11.6 Å². The van der Waals surface area contributed by atoms with E-state index in [9.17, 15) is 4.39 Å². The number of nitrogens with two attached hydrogens (primary N) is 1. The van der Waals surface area contributed by atoms with Crippen molar-refractivity contribution in [1.29, 1.82) is 0 Å². The lowest BCUT2D eigenvalue weighted by Crippen LogP contribution is -2.27. The summed E-state index contributed by atoms with van der Waals surface area (Å²) in [5.41, 5.74) is 6.25. The molecule has 3 N–H and O–H groups in total. The highest BCUT2D eigenvalue weighted by atomic mass is 35.5. The van der Waals surface area contributed by atoms with Gasteiger partial charge in [-0.05, 0) is 24.2 Å². The lowest BCUT2D eigenvalue weighted by molar-refractivity contribution is 0.282. The molecule has 0 saturated carbocycles. The minimum absolute atomic E-state index is 0.124. The number of oxime groups is 1. The first kappa shape index (κ1) is 14.7. The Hall–Kier alpha value is -1.33. The summed E-state index contributed by atoms with van der Waals surface area (Å²) in [4.78, 5) is 2.07. The van der Waals surface area contributed by atoms with Crippen molar-refractivity contribution in [2.75, 3.05) is 13.1 Å². The Kier molecular flexibility index (Phi) is 5.88. The van der Waals surface area contributed by atoms with Gasteiger partial charge in [-0.1, -0.05) is 29.7 Å². The van der Waals surface area contributed by atoms with Crippen LogP contribution in [0, 0.1) is 5.82 Å². The lowest BCUT2D eigenvalue weighted by atomic mass is 10.2. The zero-order valence-corrected chi connectivity index (χ0v) is 11.0. The van der Waals surface area contributed by atoms with Crippen LogP contribution in [0.15, 0.2) is 23.4 Å². The number of amidine groups is 1. The Morgan fingerprint density at radius 1 is 1.56 bits per heavy atom. The van der Waals surface area contributed by atoms with E-state index in [0.29, 0.717) is 19.5 Å². The number of benzene rings is 1. The van der Waals surface area contributed by atoms with Gasteiger partial charge in [0.15, 0.2) is 0 Å². The van der Waals surface area contributed by atoms with E-state index in [1.165, 1.54) is 6.07 Å². The zero-order chi connectivity index (χ0) is 13.5. The molecule has 0 aromatic heterocycles. The van der Waals surface area contributed by atoms with Gasteiger partial charge in [0, 0.05) is 19.5 Å². The highest BCUT2D eigenvalue weighted by Gasteiger charge is 2.07. The highest BCUT2D eigenvalue weighted by Crippen LogP contribution is 2.16. The number of hydrogen-bond acceptors (Lipinski definition) is 3. The zero-order valence-electron chi connectivity index (χ0n) is 10.2. The summed E-state index contributed by atoms with van der Waals surface area (Å²) in [7, 11) is 0. The molecule has 0 heterocycles. The number of halogens is 2. The summed E-state index contributed by atoms with van der Waals surface area (Å²) in [6, 6.07) is 4.76. The molecular weight excluding hydrogens is 257 g/mol. The standard InChI is InChI=1S/C12H17ClFN3O/c1-2-17(6-5-12(15)16-18)8-9-3-4-10(13)11(14)7-9/h3-4,7,18H,2,5-6,8H2,1H3,(H2,15,16). The van der Waals surface area contributed by atoms with Gasteiger partial charge in [0.1, 0.15) is 11.7 Å². The van der Waals surface area contributed by atoms with E-state index in [0.717, 1.165) is 12.1 Å². The number of nitrogens with zero attached hydrogens (tertiary/aromatic N) is 2. The fourth-order valence-electron chi connectivity index (χ4n) is 1.57. The first-order valence-electron chi connectivity index (χ1n) is 5.69. The van der Waals surface area contributed by atoms with Crippen molar-refractivity contribution in [3.05, 3.63) is 34.6 Å². The van der Waals surface area contributed by atoms with Crippen molar-refractivity contribution < 1.29 is 9.60 Å². The summed E-state index contributed by atoms with van der Waals surface area (Å²) in [6.07, 6.45) is 0.473.